The molecule has 32 heavy (non-hydrogen) atoms. The fourth-order valence-electron chi connectivity index (χ4n) is 3.41. The van der Waals surface area contributed by atoms with Gasteiger partial charge in [-0.25, -0.2) is 9.37 Å². The summed E-state index contributed by atoms with van der Waals surface area (Å²) in [6, 6.07) is 23.9. The van der Waals surface area contributed by atoms with E-state index >= 15 is 0 Å². The molecule has 5 rings (SSSR count). The number of aromatic nitrogens is 2. The fraction of sp³-hybridized carbons (Fsp3) is 0.0800. The van der Waals surface area contributed by atoms with Gasteiger partial charge >= 0.3 is 0 Å². The highest BCUT2D eigenvalue weighted by Crippen LogP contribution is 2.31. The number of para-hydroxylation sites is 1. The molecule has 0 aliphatic carbocycles. The molecule has 0 unspecified atom stereocenters. The van der Waals surface area contributed by atoms with Crippen molar-refractivity contribution >= 4 is 43.4 Å². The average Bonchev–Trinajstić information content (AvgIpc) is 3.27. The molecule has 158 valence electrons. The monoisotopic (exact) mass is 443 g/mol. The zero-order chi connectivity index (χ0) is 21.9. The SMILES string of the molecule is O=C(COc1ccc2ccccc2c1)N(Cc1ccccn1)c1nc2c(F)cccc2s1. The molecule has 0 aliphatic heterocycles. The maximum atomic E-state index is 14.2. The van der Waals surface area contributed by atoms with E-state index in [4.69, 9.17) is 4.74 Å². The Morgan fingerprint density at radius 2 is 1.81 bits per heavy atom. The zero-order valence-corrected chi connectivity index (χ0v) is 17.8. The molecular formula is C25H18FN3O2S. The van der Waals surface area contributed by atoms with Crippen molar-refractivity contribution in [3.63, 3.8) is 0 Å². The first-order valence-electron chi connectivity index (χ1n) is 10.0. The van der Waals surface area contributed by atoms with E-state index in [0.29, 0.717) is 21.3 Å². The summed E-state index contributed by atoms with van der Waals surface area (Å²) < 4.78 is 20.7. The fourth-order valence-corrected chi connectivity index (χ4v) is 4.41. The Kier molecular flexibility index (Phi) is 5.47. The van der Waals surface area contributed by atoms with E-state index in [2.05, 4.69) is 9.97 Å². The van der Waals surface area contributed by atoms with Crippen LogP contribution in [-0.4, -0.2) is 22.5 Å². The molecule has 2 heterocycles. The van der Waals surface area contributed by atoms with Crippen molar-refractivity contribution < 1.29 is 13.9 Å². The van der Waals surface area contributed by atoms with Crippen LogP contribution in [0.2, 0.25) is 0 Å². The van der Waals surface area contributed by atoms with E-state index in [9.17, 15) is 9.18 Å². The van der Waals surface area contributed by atoms with Crippen molar-refractivity contribution in [2.45, 2.75) is 6.54 Å². The normalized spacial score (nSPS) is 11.0. The highest BCUT2D eigenvalue weighted by atomic mass is 32.1. The van der Waals surface area contributed by atoms with Crippen LogP contribution in [0.25, 0.3) is 21.0 Å². The van der Waals surface area contributed by atoms with Crippen LogP contribution in [-0.2, 0) is 11.3 Å². The van der Waals surface area contributed by atoms with Crippen molar-refractivity contribution in [3.05, 3.63) is 96.6 Å². The van der Waals surface area contributed by atoms with E-state index in [1.807, 2.05) is 60.7 Å². The minimum absolute atomic E-state index is 0.177. The topological polar surface area (TPSA) is 55.3 Å². The molecular weight excluding hydrogens is 425 g/mol. The molecule has 0 spiro atoms. The lowest BCUT2D eigenvalue weighted by Gasteiger charge is -2.19. The second-order valence-electron chi connectivity index (χ2n) is 7.18. The molecule has 1 amide bonds. The van der Waals surface area contributed by atoms with Gasteiger partial charge in [-0.3, -0.25) is 14.7 Å². The van der Waals surface area contributed by atoms with Gasteiger partial charge in [0.25, 0.3) is 5.91 Å². The van der Waals surface area contributed by atoms with Crippen molar-refractivity contribution in [3.8, 4) is 5.75 Å². The summed E-state index contributed by atoms with van der Waals surface area (Å²) >= 11 is 1.26. The summed E-state index contributed by atoms with van der Waals surface area (Å²) in [5, 5.41) is 2.53. The van der Waals surface area contributed by atoms with Crippen LogP contribution in [0, 0.1) is 5.82 Å². The van der Waals surface area contributed by atoms with Crippen LogP contribution in [0.1, 0.15) is 5.69 Å². The molecule has 0 aliphatic rings. The summed E-state index contributed by atoms with van der Waals surface area (Å²) in [5.74, 6) is -0.101. The molecule has 5 aromatic rings. The first-order chi connectivity index (χ1) is 15.7. The summed E-state index contributed by atoms with van der Waals surface area (Å²) in [7, 11) is 0. The van der Waals surface area contributed by atoms with E-state index in [1.54, 1.807) is 18.3 Å². The minimum atomic E-state index is -0.414. The number of anilines is 1. The third kappa shape index (κ3) is 4.15. The molecule has 0 fully saturated rings. The number of pyridine rings is 1. The van der Waals surface area contributed by atoms with Crippen LogP contribution in [0.3, 0.4) is 0 Å². The third-order valence-corrected chi connectivity index (χ3v) is 6.06. The predicted molar refractivity (Wildman–Crippen MR) is 124 cm³/mol. The maximum absolute atomic E-state index is 14.2. The lowest BCUT2D eigenvalue weighted by molar-refractivity contribution is -0.120. The van der Waals surface area contributed by atoms with Crippen molar-refractivity contribution in [2.24, 2.45) is 0 Å². The number of thiazole rings is 1. The molecule has 0 saturated carbocycles. The molecule has 0 atom stereocenters. The minimum Gasteiger partial charge on any atom is -0.484 e. The van der Waals surface area contributed by atoms with Gasteiger partial charge in [0.1, 0.15) is 17.1 Å². The standard InChI is InChI=1S/C25H18FN3O2S/c26-21-9-5-10-22-24(21)28-25(32-22)29(15-19-8-3-4-13-27-19)23(30)16-31-20-12-11-17-6-1-2-7-18(17)14-20/h1-14H,15-16H2. The molecule has 0 saturated heterocycles. The Bertz CT molecular complexity index is 1400. The summed E-state index contributed by atoms with van der Waals surface area (Å²) in [5.41, 5.74) is 0.952. The smallest absolute Gasteiger partial charge is 0.267 e. The Morgan fingerprint density at radius 3 is 2.62 bits per heavy atom. The van der Waals surface area contributed by atoms with Gasteiger partial charge in [-0.2, -0.15) is 0 Å². The largest absolute Gasteiger partial charge is 0.484 e. The Balaban J connectivity index is 1.41. The van der Waals surface area contributed by atoms with Gasteiger partial charge < -0.3 is 4.74 Å². The number of carbonyl (C=O) groups excluding carboxylic acids is 1. The van der Waals surface area contributed by atoms with Gasteiger partial charge in [0.15, 0.2) is 11.7 Å². The van der Waals surface area contributed by atoms with Gasteiger partial charge in [-0.15, -0.1) is 0 Å². The highest BCUT2D eigenvalue weighted by molar-refractivity contribution is 7.22. The van der Waals surface area contributed by atoms with Gasteiger partial charge in [-0.1, -0.05) is 53.8 Å². The second-order valence-corrected chi connectivity index (χ2v) is 8.19. The Morgan fingerprint density at radius 1 is 0.969 bits per heavy atom. The van der Waals surface area contributed by atoms with Crippen molar-refractivity contribution in [1.82, 2.24) is 9.97 Å². The van der Waals surface area contributed by atoms with E-state index < -0.39 is 5.82 Å². The molecule has 7 heteroatoms. The second kappa shape index (κ2) is 8.72. The predicted octanol–water partition coefficient (Wildman–Crippen LogP) is 5.60. The molecule has 5 nitrogen and oxygen atoms in total. The maximum Gasteiger partial charge on any atom is 0.267 e. The highest BCUT2D eigenvalue weighted by Gasteiger charge is 2.22. The van der Waals surface area contributed by atoms with Crippen molar-refractivity contribution in [2.75, 3.05) is 11.5 Å². The summed E-state index contributed by atoms with van der Waals surface area (Å²) in [4.78, 5) is 23.4. The summed E-state index contributed by atoms with van der Waals surface area (Å²) in [6.07, 6.45) is 1.67. The number of halogens is 1. The van der Waals surface area contributed by atoms with Crippen LogP contribution in [0.15, 0.2) is 85.1 Å². The quantitative estimate of drug-likeness (QED) is 0.343. The first-order valence-corrected chi connectivity index (χ1v) is 10.9. The number of fused-ring (bicyclic) bond motifs is 2. The number of carbonyl (C=O) groups is 1. The Hall–Kier alpha value is -3.84. The van der Waals surface area contributed by atoms with Crippen LogP contribution in [0.4, 0.5) is 9.52 Å². The number of hydrogen-bond acceptors (Lipinski definition) is 5. The van der Waals surface area contributed by atoms with E-state index in [-0.39, 0.29) is 24.6 Å². The van der Waals surface area contributed by atoms with Gasteiger partial charge in [0.2, 0.25) is 0 Å². The number of ether oxygens (including phenoxy) is 1. The number of benzene rings is 3. The number of amides is 1. The molecule has 0 N–H and O–H groups in total. The number of rotatable bonds is 6. The molecule has 0 radical (unpaired) electrons. The van der Waals surface area contributed by atoms with Crippen LogP contribution < -0.4 is 9.64 Å². The molecule has 2 aromatic heterocycles. The lowest BCUT2D eigenvalue weighted by Crippen LogP contribution is -2.34. The van der Waals surface area contributed by atoms with Gasteiger partial charge in [0.05, 0.1) is 16.9 Å². The molecule has 3 aromatic carbocycles. The number of hydrogen-bond donors (Lipinski definition) is 0. The average molecular weight is 444 g/mol. The van der Waals surface area contributed by atoms with E-state index in [1.165, 1.54) is 22.3 Å². The molecule has 0 bridgehead atoms. The Labute approximate surface area is 187 Å². The van der Waals surface area contributed by atoms with Crippen LogP contribution >= 0.6 is 11.3 Å². The number of nitrogens with zero attached hydrogens (tertiary/aromatic N) is 3. The lowest BCUT2D eigenvalue weighted by atomic mass is 10.1. The van der Waals surface area contributed by atoms with Gasteiger partial charge in [0, 0.05) is 6.20 Å². The zero-order valence-electron chi connectivity index (χ0n) is 16.9. The summed E-state index contributed by atoms with van der Waals surface area (Å²) in [6.45, 7) is 0.0335. The first kappa shape index (κ1) is 20.1. The van der Waals surface area contributed by atoms with Crippen LogP contribution in [0.5, 0.6) is 5.75 Å². The van der Waals surface area contributed by atoms with Crippen molar-refractivity contribution in [1.29, 1.82) is 0 Å². The third-order valence-electron chi connectivity index (χ3n) is 5.02. The van der Waals surface area contributed by atoms with E-state index in [0.717, 1.165) is 10.8 Å². The van der Waals surface area contributed by atoms with Gasteiger partial charge in [-0.05, 0) is 47.2 Å².